The van der Waals surface area contributed by atoms with Crippen LogP contribution in [-0.4, -0.2) is 17.0 Å². The number of rotatable bonds is 5. The Kier molecular flexibility index (Phi) is 4.57. The number of ether oxygens (including phenoxy) is 3. The van der Waals surface area contributed by atoms with Crippen LogP contribution in [0.15, 0.2) is 102 Å². The largest absolute Gasteiger partial charge is 0.471 e. The van der Waals surface area contributed by atoms with Crippen molar-refractivity contribution < 1.29 is 14.2 Å². The zero-order chi connectivity index (χ0) is 21.3. The normalized spacial score (nSPS) is 18.3. The minimum atomic E-state index is 0.0752. The molecule has 0 spiro atoms. The van der Waals surface area contributed by atoms with Crippen molar-refractivity contribution in [3.63, 3.8) is 0 Å². The summed E-state index contributed by atoms with van der Waals surface area (Å²) >= 11 is 0. The van der Waals surface area contributed by atoms with Gasteiger partial charge in [0.1, 0.15) is 29.4 Å². The van der Waals surface area contributed by atoms with E-state index in [1.54, 1.807) is 6.20 Å². The second-order valence-corrected chi connectivity index (χ2v) is 7.81. The first-order valence-corrected chi connectivity index (χ1v) is 10.6. The summed E-state index contributed by atoms with van der Waals surface area (Å²) in [6, 6.07) is 29.4. The van der Waals surface area contributed by atoms with Crippen LogP contribution in [0, 0.1) is 0 Å². The highest BCUT2D eigenvalue weighted by Gasteiger charge is 2.39. The monoisotopic (exact) mass is 420 g/mol. The topological polar surface area (TPSA) is 52.9 Å². The van der Waals surface area contributed by atoms with E-state index in [-0.39, 0.29) is 12.1 Å². The Morgan fingerprint density at radius 3 is 2.41 bits per heavy atom. The summed E-state index contributed by atoms with van der Waals surface area (Å²) in [4.78, 5) is 9.07. The Hall–Kier alpha value is -4.12. The van der Waals surface area contributed by atoms with Gasteiger partial charge in [-0.15, -0.1) is 0 Å². The number of hydrogen-bond acceptors (Lipinski definition) is 5. The molecular formula is C27H20N2O3. The van der Waals surface area contributed by atoms with Crippen molar-refractivity contribution >= 4 is 5.90 Å². The molecule has 1 aliphatic heterocycles. The van der Waals surface area contributed by atoms with Gasteiger partial charge in [-0.2, -0.15) is 0 Å². The predicted molar refractivity (Wildman–Crippen MR) is 122 cm³/mol. The van der Waals surface area contributed by atoms with E-state index in [1.807, 2.05) is 66.7 Å². The van der Waals surface area contributed by atoms with Gasteiger partial charge in [0.15, 0.2) is 0 Å². The number of aliphatic imine (C=N–C) groups is 1. The van der Waals surface area contributed by atoms with Gasteiger partial charge >= 0.3 is 0 Å². The number of pyridine rings is 1. The SMILES string of the molecule is c1ccc(Oc2cccc(Oc3cccc(C4=N[C@@H]5c6ccccc6C[C@@H]5O4)c3)c2)nc1. The summed E-state index contributed by atoms with van der Waals surface area (Å²) < 4.78 is 18.1. The van der Waals surface area contributed by atoms with Crippen LogP contribution < -0.4 is 9.47 Å². The molecule has 0 amide bonds. The van der Waals surface area contributed by atoms with Crippen molar-refractivity contribution in [2.75, 3.05) is 0 Å². The molecular weight excluding hydrogens is 400 g/mol. The van der Waals surface area contributed by atoms with Gasteiger partial charge in [-0.25, -0.2) is 9.98 Å². The summed E-state index contributed by atoms with van der Waals surface area (Å²) in [5, 5.41) is 0. The van der Waals surface area contributed by atoms with Crippen LogP contribution in [-0.2, 0) is 11.2 Å². The van der Waals surface area contributed by atoms with Crippen LogP contribution in [0.3, 0.4) is 0 Å². The Bertz CT molecular complexity index is 1300. The third-order valence-corrected chi connectivity index (χ3v) is 5.65. The maximum Gasteiger partial charge on any atom is 0.219 e. The van der Waals surface area contributed by atoms with Gasteiger partial charge in [0.05, 0.1) is 0 Å². The molecule has 3 aromatic carbocycles. The zero-order valence-electron chi connectivity index (χ0n) is 17.2. The van der Waals surface area contributed by atoms with Crippen molar-refractivity contribution in [1.29, 1.82) is 0 Å². The van der Waals surface area contributed by atoms with E-state index in [9.17, 15) is 0 Å². The lowest BCUT2D eigenvalue weighted by molar-refractivity contribution is 0.206. The van der Waals surface area contributed by atoms with Gasteiger partial charge in [-0.3, -0.25) is 0 Å². The molecule has 5 heteroatoms. The highest BCUT2D eigenvalue weighted by Crippen LogP contribution is 2.41. The molecule has 1 aliphatic carbocycles. The number of benzene rings is 3. The number of hydrogen-bond donors (Lipinski definition) is 0. The van der Waals surface area contributed by atoms with Gasteiger partial charge in [0.25, 0.3) is 0 Å². The van der Waals surface area contributed by atoms with Crippen molar-refractivity contribution in [1.82, 2.24) is 4.98 Å². The minimum absolute atomic E-state index is 0.0752. The summed E-state index contributed by atoms with van der Waals surface area (Å²) in [7, 11) is 0. The molecule has 0 N–H and O–H groups in total. The molecule has 2 atom stereocenters. The Balaban J connectivity index is 1.21. The lowest BCUT2D eigenvalue weighted by atomic mass is 10.1. The molecule has 0 radical (unpaired) electrons. The molecule has 156 valence electrons. The molecule has 0 saturated carbocycles. The molecule has 0 saturated heterocycles. The highest BCUT2D eigenvalue weighted by atomic mass is 16.5. The van der Waals surface area contributed by atoms with Gasteiger partial charge in [0, 0.05) is 30.3 Å². The molecule has 2 aliphatic rings. The van der Waals surface area contributed by atoms with Crippen LogP contribution in [0.4, 0.5) is 0 Å². The fourth-order valence-corrected chi connectivity index (χ4v) is 4.20. The lowest BCUT2D eigenvalue weighted by Gasteiger charge is -2.11. The summed E-state index contributed by atoms with van der Waals surface area (Å²) in [6.07, 6.45) is 2.67. The summed E-state index contributed by atoms with van der Waals surface area (Å²) in [5.74, 6) is 3.26. The second kappa shape index (κ2) is 7.85. The quantitative estimate of drug-likeness (QED) is 0.391. The predicted octanol–water partition coefficient (Wildman–Crippen LogP) is 6.11. The molecule has 0 unspecified atom stereocenters. The molecule has 2 heterocycles. The number of fused-ring (bicyclic) bond motifs is 3. The number of nitrogens with zero attached hydrogens (tertiary/aromatic N) is 2. The summed E-state index contributed by atoms with van der Waals surface area (Å²) in [6.45, 7) is 0. The van der Waals surface area contributed by atoms with Crippen molar-refractivity contribution in [2.45, 2.75) is 18.6 Å². The molecule has 6 rings (SSSR count). The smallest absolute Gasteiger partial charge is 0.219 e. The van der Waals surface area contributed by atoms with E-state index >= 15 is 0 Å². The van der Waals surface area contributed by atoms with Crippen LogP contribution in [0.25, 0.3) is 0 Å². The van der Waals surface area contributed by atoms with E-state index in [1.165, 1.54) is 11.1 Å². The standard InChI is InChI=1S/C27H20N2O3/c1-2-12-23-18(7-1)16-24-26(23)29-27(32-24)19-8-5-9-20(15-19)30-21-10-6-11-22(17-21)31-25-13-3-4-14-28-25/h1-15,17,24,26H,16H2/t24-,26+/m0/s1. The maximum atomic E-state index is 6.21. The fraction of sp³-hybridized carbons (Fsp3) is 0.111. The fourth-order valence-electron chi connectivity index (χ4n) is 4.20. The third kappa shape index (κ3) is 3.58. The Morgan fingerprint density at radius 1 is 0.750 bits per heavy atom. The minimum Gasteiger partial charge on any atom is -0.471 e. The molecule has 4 aromatic rings. The van der Waals surface area contributed by atoms with Crippen LogP contribution in [0.5, 0.6) is 23.1 Å². The average Bonchev–Trinajstić information content (AvgIpc) is 3.39. The summed E-state index contributed by atoms with van der Waals surface area (Å²) in [5.41, 5.74) is 3.51. The van der Waals surface area contributed by atoms with Gasteiger partial charge in [0.2, 0.25) is 11.8 Å². The van der Waals surface area contributed by atoms with E-state index in [2.05, 4.69) is 29.2 Å². The van der Waals surface area contributed by atoms with Crippen molar-refractivity contribution in [2.24, 2.45) is 4.99 Å². The first-order valence-electron chi connectivity index (χ1n) is 10.6. The number of aromatic nitrogens is 1. The molecule has 32 heavy (non-hydrogen) atoms. The zero-order valence-corrected chi connectivity index (χ0v) is 17.2. The van der Waals surface area contributed by atoms with Crippen molar-refractivity contribution in [3.05, 3.63) is 114 Å². The maximum absolute atomic E-state index is 6.21. The van der Waals surface area contributed by atoms with E-state index in [0.717, 1.165) is 12.0 Å². The van der Waals surface area contributed by atoms with E-state index < -0.39 is 0 Å². The molecule has 0 fully saturated rings. The highest BCUT2D eigenvalue weighted by molar-refractivity contribution is 5.96. The Morgan fingerprint density at radius 2 is 1.53 bits per heavy atom. The average molecular weight is 420 g/mol. The Labute approximate surface area is 186 Å². The second-order valence-electron chi connectivity index (χ2n) is 7.81. The van der Waals surface area contributed by atoms with Gasteiger partial charge in [-0.05, 0) is 47.5 Å². The first kappa shape index (κ1) is 18.6. The lowest BCUT2D eigenvalue weighted by Crippen LogP contribution is -2.13. The van der Waals surface area contributed by atoms with Crippen LogP contribution in [0.1, 0.15) is 22.7 Å². The van der Waals surface area contributed by atoms with Crippen LogP contribution >= 0.6 is 0 Å². The van der Waals surface area contributed by atoms with E-state index in [0.29, 0.717) is 29.0 Å². The van der Waals surface area contributed by atoms with Crippen LogP contribution in [0.2, 0.25) is 0 Å². The molecule has 0 bridgehead atoms. The molecule has 5 nitrogen and oxygen atoms in total. The van der Waals surface area contributed by atoms with Gasteiger partial charge < -0.3 is 14.2 Å². The van der Waals surface area contributed by atoms with E-state index in [4.69, 9.17) is 19.2 Å². The van der Waals surface area contributed by atoms with Gasteiger partial charge in [-0.1, -0.05) is 42.5 Å². The molecule has 1 aromatic heterocycles. The third-order valence-electron chi connectivity index (χ3n) is 5.65. The first-order chi connectivity index (χ1) is 15.8. The van der Waals surface area contributed by atoms with Crippen molar-refractivity contribution in [3.8, 4) is 23.1 Å².